The molecule has 0 aromatic heterocycles. The Hall–Kier alpha value is -3.91. The lowest BCUT2D eigenvalue weighted by atomic mass is 9.59. The van der Waals surface area contributed by atoms with Crippen molar-refractivity contribution < 1.29 is 28.7 Å². The summed E-state index contributed by atoms with van der Waals surface area (Å²) in [5.74, 6) is -5.43. The molecule has 0 spiro atoms. The number of imide groups is 1. The number of fused-ring (bicyclic) bond motifs is 3. The number of phenols is 1. The number of hydrogen-bond donors (Lipinski definition) is 1. The highest BCUT2D eigenvalue weighted by molar-refractivity contribution is 9.12. The lowest BCUT2D eigenvalue weighted by Gasteiger charge is -2.42. The monoisotopic (exact) mass is 573 g/mol. The molecule has 1 fully saturated rings. The molecule has 0 saturated carbocycles. The number of benzene rings is 2. The zero-order valence-electron chi connectivity index (χ0n) is 20.0. The van der Waals surface area contributed by atoms with Crippen LogP contribution in [0.3, 0.4) is 0 Å². The molecule has 0 unspecified atom stereocenters. The summed E-state index contributed by atoms with van der Waals surface area (Å²) in [6.45, 7) is 3.73. The van der Waals surface area contributed by atoms with Crippen LogP contribution >= 0.6 is 15.9 Å². The van der Waals surface area contributed by atoms with Gasteiger partial charge in [0.05, 0.1) is 22.0 Å². The summed E-state index contributed by atoms with van der Waals surface area (Å²) >= 11 is 3.18. The Morgan fingerprint density at radius 3 is 2.45 bits per heavy atom. The first kappa shape index (κ1) is 24.4. The predicted octanol–water partition coefficient (Wildman–Crippen LogP) is 5.14. The van der Waals surface area contributed by atoms with E-state index in [9.17, 15) is 28.7 Å². The van der Waals surface area contributed by atoms with Crippen LogP contribution in [0.15, 0.2) is 82.4 Å². The number of rotatable bonds is 3. The molecule has 6 rings (SSSR count). The van der Waals surface area contributed by atoms with Gasteiger partial charge in [0.25, 0.3) is 0 Å². The van der Waals surface area contributed by atoms with Gasteiger partial charge >= 0.3 is 0 Å². The summed E-state index contributed by atoms with van der Waals surface area (Å²) in [5, 5.41) is 9.76. The van der Waals surface area contributed by atoms with E-state index in [0.717, 1.165) is 11.6 Å². The molecule has 1 aliphatic heterocycles. The quantitative estimate of drug-likeness (QED) is 0.312. The molecule has 3 aliphatic carbocycles. The summed E-state index contributed by atoms with van der Waals surface area (Å²) < 4.78 is 14.6. The van der Waals surface area contributed by atoms with Crippen LogP contribution in [-0.2, 0) is 19.2 Å². The minimum Gasteiger partial charge on any atom is -0.505 e. The topological polar surface area (TPSA) is 91.8 Å². The smallest absolute Gasteiger partial charge is 0.238 e. The van der Waals surface area contributed by atoms with Gasteiger partial charge < -0.3 is 5.11 Å². The Labute approximate surface area is 226 Å². The zero-order chi connectivity index (χ0) is 26.9. The van der Waals surface area contributed by atoms with E-state index in [1.54, 1.807) is 30.3 Å². The minimum atomic E-state index is -0.853. The van der Waals surface area contributed by atoms with Crippen molar-refractivity contribution in [3.63, 3.8) is 0 Å². The van der Waals surface area contributed by atoms with E-state index >= 15 is 0 Å². The lowest BCUT2D eigenvalue weighted by Crippen LogP contribution is -2.39. The fraction of sp³-hybridized carbons (Fsp3) is 0.200. The van der Waals surface area contributed by atoms with Crippen LogP contribution in [0.2, 0.25) is 0 Å². The molecule has 2 amide bonds. The van der Waals surface area contributed by atoms with Crippen molar-refractivity contribution in [3.8, 4) is 5.75 Å². The third-order valence-corrected chi connectivity index (χ3v) is 8.61. The number of aromatic hydroxyl groups is 1. The average Bonchev–Trinajstić information content (AvgIpc) is 3.17. The zero-order valence-corrected chi connectivity index (χ0v) is 21.6. The van der Waals surface area contributed by atoms with E-state index in [4.69, 9.17) is 0 Å². The first-order valence-corrected chi connectivity index (χ1v) is 13.0. The molecule has 6 nitrogen and oxygen atoms in total. The molecule has 0 radical (unpaired) electrons. The molecule has 4 aliphatic rings. The van der Waals surface area contributed by atoms with Gasteiger partial charge in [0, 0.05) is 23.1 Å². The third kappa shape index (κ3) is 3.50. The molecule has 190 valence electrons. The third-order valence-electron chi connectivity index (χ3n) is 8.02. The van der Waals surface area contributed by atoms with Crippen molar-refractivity contribution in [1.82, 2.24) is 0 Å². The van der Waals surface area contributed by atoms with Crippen LogP contribution in [0.5, 0.6) is 5.75 Å². The van der Waals surface area contributed by atoms with Crippen LogP contribution in [0.1, 0.15) is 29.9 Å². The Balaban J connectivity index is 1.47. The second-order valence-corrected chi connectivity index (χ2v) is 10.8. The number of amides is 2. The van der Waals surface area contributed by atoms with Gasteiger partial charge in [-0.1, -0.05) is 42.5 Å². The average molecular weight is 574 g/mol. The highest BCUT2D eigenvalue weighted by atomic mass is 79.9. The SMILES string of the molecule is C=Cc1ccc(N2C(=O)[C@H]3[C@H](CC=C4[C@H](c5ccc(O)c(F)c5)C5=C(C[C@H]43)C(=O)C(Br)=CC5=O)C2=O)cc1. The van der Waals surface area contributed by atoms with E-state index in [1.165, 1.54) is 23.1 Å². The van der Waals surface area contributed by atoms with Gasteiger partial charge in [-0.15, -0.1) is 0 Å². The first-order valence-electron chi connectivity index (χ1n) is 12.2. The number of carbonyl (C=O) groups is 4. The van der Waals surface area contributed by atoms with Gasteiger partial charge in [0.15, 0.2) is 23.1 Å². The van der Waals surface area contributed by atoms with Gasteiger partial charge in [-0.2, -0.15) is 0 Å². The molecule has 2 aromatic rings. The van der Waals surface area contributed by atoms with Gasteiger partial charge in [-0.05, 0) is 70.1 Å². The molecule has 38 heavy (non-hydrogen) atoms. The Morgan fingerprint density at radius 1 is 1.03 bits per heavy atom. The predicted molar refractivity (Wildman–Crippen MR) is 142 cm³/mol. The largest absolute Gasteiger partial charge is 0.505 e. The molecule has 1 saturated heterocycles. The summed E-state index contributed by atoms with van der Waals surface area (Å²) in [5.41, 5.74) is 2.93. The maximum absolute atomic E-state index is 14.5. The van der Waals surface area contributed by atoms with E-state index in [1.807, 2.05) is 6.08 Å². The Bertz CT molecular complexity index is 1570. The first-order chi connectivity index (χ1) is 18.2. The number of hydrogen-bond acceptors (Lipinski definition) is 5. The van der Waals surface area contributed by atoms with E-state index in [-0.39, 0.29) is 51.9 Å². The van der Waals surface area contributed by atoms with Crippen LogP contribution < -0.4 is 4.90 Å². The Morgan fingerprint density at radius 2 is 1.76 bits per heavy atom. The number of nitrogens with zero attached hydrogens (tertiary/aromatic N) is 1. The van der Waals surface area contributed by atoms with Gasteiger partial charge in [0.2, 0.25) is 11.8 Å². The second-order valence-electron chi connectivity index (χ2n) is 9.91. The summed E-state index contributed by atoms with van der Waals surface area (Å²) in [7, 11) is 0. The van der Waals surface area contributed by atoms with Crippen molar-refractivity contribution in [1.29, 1.82) is 0 Å². The number of phenolic OH excluding ortho intramolecular Hbond substituents is 1. The van der Waals surface area contributed by atoms with Crippen LogP contribution in [-0.4, -0.2) is 28.5 Å². The normalized spacial score (nSPS) is 26.5. The lowest BCUT2D eigenvalue weighted by molar-refractivity contribution is -0.123. The van der Waals surface area contributed by atoms with Crippen molar-refractivity contribution in [2.75, 3.05) is 4.90 Å². The van der Waals surface area contributed by atoms with Crippen LogP contribution in [0, 0.1) is 23.6 Å². The fourth-order valence-electron chi connectivity index (χ4n) is 6.30. The second kappa shape index (κ2) is 8.84. The molecule has 1 N–H and O–H groups in total. The Kier molecular flexibility index (Phi) is 5.68. The van der Waals surface area contributed by atoms with Crippen LogP contribution in [0.25, 0.3) is 6.08 Å². The maximum Gasteiger partial charge on any atom is 0.238 e. The molecule has 8 heteroatoms. The van der Waals surface area contributed by atoms with Gasteiger partial charge in [-0.25, -0.2) is 4.39 Å². The van der Waals surface area contributed by atoms with Crippen molar-refractivity contribution in [2.24, 2.45) is 17.8 Å². The number of ketones is 2. The maximum atomic E-state index is 14.5. The van der Waals surface area contributed by atoms with Crippen molar-refractivity contribution in [2.45, 2.75) is 18.8 Å². The minimum absolute atomic E-state index is 0.120. The molecule has 2 aromatic carbocycles. The molecular formula is C30H21BrFNO5. The van der Waals surface area contributed by atoms with Crippen molar-refractivity contribution >= 4 is 51.1 Å². The number of carbonyl (C=O) groups excluding carboxylic acids is 4. The van der Waals surface area contributed by atoms with Gasteiger partial charge in [-0.3, -0.25) is 24.1 Å². The van der Waals surface area contributed by atoms with E-state index in [0.29, 0.717) is 16.8 Å². The summed E-state index contributed by atoms with van der Waals surface area (Å²) in [6, 6.07) is 10.8. The van der Waals surface area contributed by atoms with Crippen molar-refractivity contribution in [3.05, 3.63) is 99.3 Å². The number of allylic oxidation sites excluding steroid dienone is 6. The molecule has 4 atom stereocenters. The standard InChI is InChI=1S/C30H21BrFNO5/c1-2-14-3-6-16(7-4-14)33-29(37)18-9-8-17-19(26(18)30(33)38)12-20-27(24(35)13-21(31)28(20)36)25(17)15-5-10-23(34)22(32)11-15/h2-8,10-11,13,18-19,25-26,34H,1,9,12H2/t18-,19+,25-,26-/m0/s1. The van der Waals surface area contributed by atoms with Gasteiger partial charge in [0.1, 0.15) is 0 Å². The number of Topliss-reactive ketones (excluding diaryl/α,β-unsaturated/α-hetero) is 1. The molecule has 0 bridgehead atoms. The fourth-order valence-corrected chi connectivity index (χ4v) is 6.75. The number of halogens is 2. The molecular weight excluding hydrogens is 553 g/mol. The van der Waals surface area contributed by atoms with Crippen LogP contribution in [0.4, 0.5) is 10.1 Å². The van der Waals surface area contributed by atoms with E-state index < -0.39 is 35.2 Å². The number of anilines is 1. The highest BCUT2D eigenvalue weighted by Crippen LogP contribution is 2.55. The highest BCUT2D eigenvalue weighted by Gasteiger charge is 2.56. The molecule has 1 heterocycles. The summed E-state index contributed by atoms with van der Waals surface area (Å²) in [4.78, 5) is 55.0. The van der Waals surface area contributed by atoms with E-state index in [2.05, 4.69) is 22.5 Å². The summed E-state index contributed by atoms with van der Waals surface area (Å²) in [6.07, 6.45) is 5.16.